The smallest absolute Gasteiger partial charge is 0.137 e. The Labute approximate surface area is 161 Å². The third-order valence-corrected chi connectivity index (χ3v) is 4.96. The minimum absolute atomic E-state index is 0.0390. The summed E-state index contributed by atoms with van der Waals surface area (Å²) in [6.45, 7) is 2.05. The zero-order chi connectivity index (χ0) is 20.3. The fraction of sp³-hybridized carbons (Fsp3) is 0.300. The zero-order valence-electron chi connectivity index (χ0n) is 15.6. The van der Waals surface area contributed by atoms with Crippen molar-refractivity contribution >= 4 is 0 Å². The first-order valence-corrected chi connectivity index (χ1v) is 8.74. The first-order valence-electron chi connectivity index (χ1n) is 8.74. The van der Waals surface area contributed by atoms with Crippen molar-refractivity contribution in [2.45, 2.75) is 31.7 Å². The summed E-state index contributed by atoms with van der Waals surface area (Å²) in [5.74, 6) is -1.91. The van der Waals surface area contributed by atoms with Crippen LogP contribution in [0.2, 0.25) is 0 Å². The predicted octanol–water partition coefficient (Wildman–Crippen LogP) is 3.10. The molecule has 0 aliphatic heterocycles. The summed E-state index contributed by atoms with van der Waals surface area (Å²) in [7, 11) is 1.77. The lowest BCUT2D eigenvalue weighted by Gasteiger charge is -2.40. The van der Waals surface area contributed by atoms with Gasteiger partial charge in [0, 0.05) is 24.2 Å². The molecule has 5 nitrogen and oxygen atoms in total. The number of benzene rings is 2. The lowest BCUT2D eigenvalue weighted by atomic mass is 9.85. The van der Waals surface area contributed by atoms with Gasteiger partial charge in [-0.05, 0) is 37.7 Å². The van der Waals surface area contributed by atoms with Crippen LogP contribution in [0.5, 0.6) is 0 Å². The molecular weight excluding hydrogens is 369 g/mol. The third kappa shape index (κ3) is 4.23. The van der Waals surface area contributed by atoms with E-state index in [1.54, 1.807) is 26.1 Å². The van der Waals surface area contributed by atoms with Gasteiger partial charge in [0.25, 0.3) is 0 Å². The van der Waals surface area contributed by atoms with Gasteiger partial charge in [-0.25, -0.2) is 22.8 Å². The fourth-order valence-corrected chi connectivity index (χ4v) is 3.22. The van der Waals surface area contributed by atoms with Crippen LogP contribution in [0.1, 0.15) is 18.1 Å². The second-order valence-electron chi connectivity index (χ2n) is 6.86. The van der Waals surface area contributed by atoms with Gasteiger partial charge in [-0.15, -0.1) is 0 Å². The van der Waals surface area contributed by atoms with Crippen molar-refractivity contribution in [2.24, 2.45) is 0 Å². The summed E-state index contributed by atoms with van der Waals surface area (Å²) in [6, 6.07) is 8.50. The molecule has 0 spiro atoms. The Bertz CT molecular complexity index is 918. The highest BCUT2D eigenvalue weighted by Crippen LogP contribution is 2.32. The second-order valence-corrected chi connectivity index (χ2v) is 6.86. The van der Waals surface area contributed by atoms with Crippen molar-refractivity contribution in [1.82, 2.24) is 19.7 Å². The van der Waals surface area contributed by atoms with Crippen LogP contribution in [-0.4, -0.2) is 37.9 Å². The highest BCUT2D eigenvalue weighted by atomic mass is 19.1. The molecule has 0 amide bonds. The SMILES string of the molecule is C[C@@H](N(C)Cc1ccc(F)cc1)[C@](O)(Cn1cncn1)c1ccc(F)cc1F. The molecule has 3 aromatic rings. The Hall–Kier alpha value is -2.71. The minimum atomic E-state index is -1.72. The van der Waals surface area contributed by atoms with Gasteiger partial charge in [-0.1, -0.05) is 18.2 Å². The monoisotopic (exact) mass is 390 g/mol. The van der Waals surface area contributed by atoms with Crippen molar-refractivity contribution in [2.75, 3.05) is 7.05 Å². The molecule has 2 atom stereocenters. The molecule has 0 bridgehead atoms. The van der Waals surface area contributed by atoms with Crippen molar-refractivity contribution < 1.29 is 18.3 Å². The molecule has 148 valence electrons. The van der Waals surface area contributed by atoms with E-state index < -0.39 is 23.3 Å². The summed E-state index contributed by atoms with van der Waals surface area (Å²) in [6.07, 6.45) is 2.73. The third-order valence-electron chi connectivity index (χ3n) is 4.96. The van der Waals surface area contributed by atoms with Crippen LogP contribution in [0, 0.1) is 17.5 Å². The molecule has 0 aliphatic carbocycles. The van der Waals surface area contributed by atoms with Crippen LogP contribution in [-0.2, 0) is 18.7 Å². The molecular formula is C20H21F3N4O. The average Bonchev–Trinajstić information content (AvgIpc) is 3.15. The van der Waals surface area contributed by atoms with E-state index in [1.807, 2.05) is 4.90 Å². The summed E-state index contributed by atoms with van der Waals surface area (Å²) in [4.78, 5) is 5.67. The Morgan fingerprint density at radius 1 is 1.11 bits per heavy atom. The van der Waals surface area contributed by atoms with Crippen LogP contribution < -0.4 is 0 Å². The first kappa shape index (κ1) is 20.0. The molecule has 0 saturated carbocycles. The molecule has 28 heavy (non-hydrogen) atoms. The molecule has 0 unspecified atom stereocenters. The number of nitrogens with zero attached hydrogens (tertiary/aromatic N) is 4. The number of hydrogen-bond donors (Lipinski definition) is 1. The van der Waals surface area contributed by atoms with E-state index in [1.165, 1.54) is 35.5 Å². The maximum atomic E-state index is 14.6. The van der Waals surface area contributed by atoms with Gasteiger partial charge >= 0.3 is 0 Å². The van der Waals surface area contributed by atoms with Crippen LogP contribution in [0.4, 0.5) is 13.2 Å². The van der Waals surface area contributed by atoms with Gasteiger partial charge < -0.3 is 5.11 Å². The normalized spacial score (nSPS) is 14.8. The van der Waals surface area contributed by atoms with Crippen molar-refractivity contribution in [1.29, 1.82) is 0 Å². The van der Waals surface area contributed by atoms with Gasteiger partial charge in [0.2, 0.25) is 0 Å². The molecule has 1 aromatic heterocycles. The molecule has 0 fully saturated rings. The Kier molecular flexibility index (Phi) is 5.81. The maximum absolute atomic E-state index is 14.6. The van der Waals surface area contributed by atoms with Gasteiger partial charge in [0.1, 0.15) is 35.7 Å². The molecule has 2 aromatic carbocycles. The molecule has 0 aliphatic rings. The van der Waals surface area contributed by atoms with E-state index in [0.717, 1.165) is 17.7 Å². The number of aromatic nitrogens is 3. The summed E-state index contributed by atoms with van der Waals surface area (Å²) >= 11 is 0. The molecule has 1 N–H and O–H groups in total. The van der Waals surface area contributed by atoms with Gasteiger partial charge in [-0.3, -0.25) is 4.90 Å². The Morgan fingerprint density at radius 2 is 1.79 bits per heavy atom. The average molecular weight is 390 g/mol. The Morgan fingerprint density at radius 3 is 2.39 bits per heavy atom. The molecule has 1 heterocycles. The van der Waals surface area contributed by atoms with Gasteiger partial charge in [-0.2, -0.15) is 5.10 Å². The van der Waals surface area contributed by atoms with Crippen molar-refractivity contribution in [3.63, 3.8) is 0 Å². The summed E-state index contributed by atoms with van der Waals surface area (Å²) < 4.78 is 42.5. The number of rotatable bonds is 7. The lowest BCUT2D eigenvalue weighted by Crippen LogP contribution is -2.50. The van der Waals surface area contributed by atoms with Crippen molar-refractivity contribution in [3.05, 3.63) is 83.7 Å². The highest BCUT2D eigenvalue weighted by Gasteiger charge is 2.41. The number of halogens is 3. The fourth-order valence-electron chi connectivity index (χ4n) is 3.22. The van der Waals surface area contributed by atoms with Gasteiger partial charge in [0.05, 0.1) is 6.54 Å². The summed E-state index contributed by atoms with van der Waals surface area (Å²) in [5, 5.41) is 15.5. The number of likely N-dealkylation sites (N-methyl/N-ethyl adjacent to an activating group) is 1. The molecule has 0 radical (unpaired) electrons. The second kappa shape index (κ2) is 8.12. The van der Waals surface area contributed by atoms with E-state index in [9.17, 15) is 18.3 Å². The highest BCUT2D eigenvalue weighted by molar-refractivity contribution is 5.27. The van der Waals surface area contributed by atoms with E-state index in [0.29, 0.717) is 6.54 Å². The van der Waals surface area contributed by atoms with Crippen LogP contribution in [0.25, 0.3) is 0 Å². The minimum Gasteiger partial charge on any atom is -0.381 e. The Balaban J connectivity index is 1.93. The molecule has 8 heteroatoms. The van der Waals surface area contributed by atoms with Gasteiger partial charge in [0.15, 0.2) is 0 Å². The number of aliphatic hydroxyl groups is 1. The predicted molar refractivity (Wildman–Crippen MR) is 97.6 cm³/mol. The molecule has 3 rings (SSSR count). The zero-order valence-corrected chi connectivity index (χ0v) is 15.6. The summed E-state index contributed by atoms with van der Waals surface area (Å²) in [5.41, 5.74) is -0.929. The van der Waals surface area contributed by atoms with Crippen molar-refractivity contribution in [3.8, 4) is 0 Å². The van der Waals surface area contributed by atoms with Crippen LogP contribution in [0.3, 0.4) is 0 Å². The number of hydrogen-bond acceptors (Lipinski definition) is 4. The molecule has 0 saturated heterocycles. The topological polar surface area (TPSA) is 54.2 Å². The van der Waals surface area contributed by atoms with E-state index in [4.69, 9.17) is 0 Å². The van der Waals surface area contributed by atoms with E-state index in [-0.39, 0.29) is 17.9 Å². The standard InChI is InChI=1S/C20H21F3N4O/c1-14(26(2)10-15-3-5-16(21)6-4-15)20(28,11-27-13-24-12-25-27)18-8-7-17(22)9-19(18)23/h3-9,12-14,28H,10-11H2,1-2H3/t14-,20-/m1/s1. The van der Waals surface area contributed by atoms with Crippen LogP contribution >= 0.6 is 0 Å². The quantitative estimate of drug-likeness (QED) is 0.674. The van der Waals surface area contributed by atoms with Crippen LogP contribution in [0.15, 0.2) is 55.1 Å². The largest absolute Gasteiger partial charge is 0.381 e. The van der Waals surface area contributed by atoms with E-state index >= 15 is 0 Å². The maximum Gasteiger partial charge on any atom is 0.137 e. The lowest BCUT2D eigenvalue weighted by molar-refractivity contribution is -0.0591. The van der Waals surface area contributed by atoms with E-state index in [2.05, 4.69) is 10.1 Å². The first-order chi connectivity index (χ1) is 13.3.